The molecule has 0 amide bonds. The van der Waals surface area contributed by atoms with Gasteiger partial charge in [-0.1, -0.05) is 36.4 Å². The van der Waals surface area contributed by atoms with Gasteiger partial charge in [0.05, 0.1) is 6.10 Å². The smallest absolute Gasteiger partial charge is 0.0835 e. The van der Waals surface area contributed by atoms with Crippen LogP contribution < -0.4 is 11.6 Å². The maximum absolute atomic E-state index is 10.1. The molecule has 0 unspecified atom stereocenters. The highest BCUT2D eigenvalue weighted by molar-refractivity contribution is 7.09. The van der Waals surface area contributed by atoms with Gasteiger partial charge >= 0.3 is 0 Å². The van der Waals surface area contributed by atoms with E-state index in [1.54, 1.807) is 16.3 Å². The standard InChI is InChI=1S/C15H21N3OS/c16-14(9-12-5-2-1-3-6-12)15(19)11-18(17)10-13-7-4-8-20-13/h1-8,14-15,19H,9-11,16-17H2/t14-,15-/m0/s1. The van der Waals surface area contributed by atoms with Gasteiger partial charge in [-0.25, -0.2) is 5.01 Å². The van der Waals surface area contributed by atoms with Gasteiger partial charge in [0.1, 0.15) is 0 Å². The zero-order chi connectivity index (χ0) is 14.4. The molecule has 0 aliphatic carbocycles. The number of benzene rings is 1. The van der Waals surface area contributed by atoms with Gasteiger partial charge in [0, 0.05) is 24.0 Å². The summed E-state index contributed by atoms with van der Waals surface area (Å²) in [7, 11) is 0. The lowest BCUT2D eigenvalue weighted by Crippen LogP contribution is -2.46. The van der Waals surface area contributed by atoms with E-state index in [0.717, 1.165) is 5.56 Å². The number of thiophene rings is 1. The number of rotatable bonds is 7. The number of aliphatic hydroxyl groups is 1. The van der Waals surface area contributed by atoms with Crippen LogP contribution in [0, 0.1) is 0 Å². The number of hydrogen-bond acceptors (Lipinski definition) is 5. The molecule has 1 aromatic carbocycles. The first-order valence-electron chi connectivity index (χ1n) is 6.64. The summed E-state index contributed by atoms with van der Waals surface area (Å²) in [5.74, 6) is 5.92. The predicted molar refractivity (Wildman–Crippen MR) is 83.0 cm³/mol. The van der Waals surface area contributed by atoms with Crippen molar-refractivity contribution in [2.45, 2.75) is 25.1 Å². The number of aliphatic hydroxyl groups excluding tert-OH is 1. The van der Waals surface area contributed by atoms with Gasteiger partial charge in [-0.15, -0.1) is 11.3 Å². The molecule has 4 nitrogen and oxygen atoms in total. The van der Waals surface area contributed by atoms with Crippen molar-refractivity contribution in [3.05, 3.63) is 58.3 Å². The minimum atomic E-state index is -0.639. The van der Waals surface area contributed by atoms with Gasteiger partial charge in [-0.2, -0.15) is 0 Å². The molecule has 0 saturated heterocycles. The first kappa shape index (κ1) is 15.2. The highest BCUT2D eigenvalue weighted by Gasteiger charge is 2.17. The number of hydrazine groups is 1. The lowest BCUT2D eigenvalue weighted by molar-refractivity contribution is 0.0881. The molecule has 2 atom stereocenters. The molecule has 2 rings (SSSR count). The van der Waals surface area contributed by atoms with Gasteiger partial charge in [-0.3, -0.25) is 5.84 Å². The van der Waals surface area contributed by atoms with Crippen molar-refractivity contribution in [3.8, 4) is 0 Å². The highest BCUT2D eigenvalue weighted by atomic mass is 32.1. The molecule has 0 aliphatic rings. The van der Waals surface area contributed by atoms with Crippen molar-refractivity contribution in [1.82, 2.24) is 5.01 Å². The molecule has 0 saturated carbocycles. The fourth-order valence-electron chi connectivity index (χ4n) is 2.07. The average molecular weight is 291 g/mol. The predicted octanol–water partition coefficient (Wildman–Crippen LogP) is 1.35. The lowest BCUT2D eigenvalue weighted by Gasteiger charge is -2.24. The van der Waals surface area contributed by atoms with E-state index in [4.69, 9.17) is 11.6 Å². The van der Waals surface area contributed by atoms with Crippen molar-refractivity contribution in [1.29, 1.82) is 0 Å². The molecule has 0 spiro atoms. The molecular formula is C15H21N3OS. The molecule has 5 heteroatoms. The minimum Gasteiger partial charge on any atom is -0.390 e. The van der Waals surface area contributed by atoms with Crippen molar-refractivity contribution < 1.29 is 5.11 Å². The van der Waals surface area contributed by atoms with Crippen LogP contribution >= 0.6 is 11.3 Å². The monoisotopic (exact) mass is 291 g/mol. The Balaban J connectivity index is 1.80. The van der Waals surface area contributed by atoms with Crippen LogP contribution in [-0.4, -0.2) is 28.8 Å². The van der Waals surface area contributed by atoms with Crippen LogP contribution in [0.2, 0.25) is 0 Å². The largest absolute Gasteiger partial charge is 0.390 e. The Morgan fingerprint density at radius 1 is 1.15 bits per heavy atom. The number of nitrogens with two attached hydrogens (primary N) is 2. The minimum absolute atomic E-state index is 0.313. The van der Waals surface area contributed by atoms with Gasteiger partial charge in [0.25, 0.3) is 0 Å². The Labute approximate surface area is 123 Å². The zero-order valence-corrected chi connectivity index (χ0v) is 12.2. The van der Waals surface area contributed by atoms with E-state index in [9.17, 15) is 5.11 Å². The van der Waals surface area contributed by atoms with Crippen LogP contribution in [0.15, 0.2) is 47.8 Å². The van der Waals surface area contributed by atoms with Crippen LogP contribution in [0.5, 0.6) is 0 Å². The van der Waals surface area contributed by atoms with Crippen LogP contribution in [-0.2, 0) is 13.0 Å². The van der Waals surface area contributed by atoms with Crippen LogP contribution in [0.1, 0.15) is 10.4 Å². The third-order valence-corrected chi connectivity index (χ3v) is 4.03. The van der Waals surface area contributed by atoms with E-state index in [1.165, 1.54) is 4.88 Å². The molecule has 5 N–H and O–H groups in total. The first-order chi connectivity index (χ1) is 9.65. The first-order valence-corrected chi connectivity index (χ1v) is 7.52. The van der Waals surface area contributed by atoms with Crippen molar-refractivity contribution in [3.63, 3.8) is 0 Å². The second-order valence-electron chi connectivity index (χ2n) is 4.93. The molecule has 108 valence electrons. The van der Waals surface area contributed by atoms with E-state index in [-0.39, 0.29) is 6.04 Å². The summed E-state index contributed by atoms with van der Waals surface area (Å²) in [6, 6.07) is 13.6. The third kappa shape index (κ3) is 4.70. The molecule has 0 fully saturated rings. The fourth-order valence-corrected chi connectivity index (χ4v) is 2.79. The van der Waals surface area contributed by atoms with E-state index in [2.05, 4.69) is 0 Å². The van der Waals surface area contributed by atoms with Gasteiger partial charge < -0.3 is 10.8 Å². The van der Waals surface area contributed by atoms with E-state index in [1.807, 2.05) is 47.8 Å². The summed E-state index contributed by atoms with van der Waals surface area (Å²) in [5.41, 5.74) is 7.17. The quantitative estimate of drug-likeness (QED) is 0.532. The molecule has 0 aliphatic heterocycles. The molecule has 0 radical (unpaired) electrons. The maximum Gasteiger partial charge on any atom is 0.0835 e. The fraction of sp³-hybridized carbons (Fsp3) is 0.333. The Hall–Kier alpha value is -1.24. The normalized spacial score (nSPS) is 14.4. The number of nitrogens with zero attached hydrogens (tertiary/aromatic N) is 1. The topological polar surface area (TPSA) is 75.5 Å². The SMILES string of the molecule is N[C@@H](Cc1ccccc1)[C@@H](O)CN(N)Cc1cccs1. The summed E-state index contributed by atoms with van der Waals surface area (Å²) in [5, 5.41) is 13.8. The Morgan fingerprint density at radius 2 is 1.90 bits per heavy atom. The maximum atomic E-state index is 10.1. The van der Waals surface area contributed by atoms with E-state index in [0.29, 0.717) is 19.5 Å². The molecule has 2 aromatic rings. The van der Waals surface area contributed by atoms with Crippen LogP contribution in [0.25, 0.3) is 0 Å². The van der Waals surface area contributed by atoms with Crippen molar-refractivity contribution >= 4 is 11.3 Å². The zero-order valence-electron chi connectivity index (χ0n) is 11.4. The third-order valence-electron chi connectivity index (χ3n) is 3.17. The molecule has 1 aromatic heterocycles. The van der Waals surface area contributed by atoms with Crippen molar-refractivity contribution in [2.24, 2.45) is 11.6 Å². The average Bonchev–Trinajstić information content (AvgIpc) is 2.92. The molecule has 0 bridgehead atoms. The molecular weight excluding hydrogens is 270 g/mol. The molecule has 1 heterocycles. The summed E-state index contributed by atoms with van der Waals surface area (Å²) in [6.45, 7) is 0.999. The van der Waals surface area contributed by atoms with Gasteiger partial charge in [-0.05, 0) is 23.4 Å². The van der Waals surface area contributed by atoms with E-state index < -0.39 is 6.10 Å². The van der Waals surface area contributed by atoms with Crippen LogP contribution in [0.3, 0.4) is 0 Å². The second-order valence-corrected chi connectivity index (χ2v) is 5.96. The molecule has 20 heavy (non-hydrogen) atoms. The Bertz CT molecular complexity index is 489. The highest BCUT2D eigenvalue weighted by Crippen LogP contribution is 2.11. The van der Waals surface area contributed by atoms with E-state index >= 15 is 0 Å². The Kier molecular flexibility index (Phi) is 5.70. The van der Waals surface area contributed by atoms with Crippen molar-refractivity contribution in [2.75, 3.05) is 6.54 Å². The second kappa shape index (κ2) is 7.52. The van der Waals surface area contributed by atoms with Gasteiger partial charge in [0.2, 0.25) is 0 Å². The summed E-state index contributed by atoms with van der Waals surface area (Å²) in [4.78, 5) is 1.18. The lowest BCUT2D eigenvalue weighted by atomic mass is 10.0. The Morgan fingerprint density at radius 3 is 2.55 bits per heavy atom. The summed E-state index contributed by atoms with van der Waals surface area (Å²) >= 11 is 1.65. The summed E-state index contributed by atoms with van der Waals surface area (Å²) < 4.78 is 0. The number of hydrogen-bond donors (Lipinski definition) is 3. The van der Waals surface area contributed by atoms with Gasteiger partial charge in [0.15, 0.2) is 0 Å². The summed E-state index contributed by atoms with van der Waals surface area (Å²) in [6.07, 6.45) is 0.00893. The van der Waals surface area contributed by atoms with Crippen LogP contribution in [0.4, 0.5) is 0 Å².